The van der Waals surface area contributed by atoms with Gasteiger partial charge in [-0.05, 0) is 31.5 Å². The lowest BCUT2D eigenvalue weighted by Gasteiger charge is -2.03. The summed E-state index contributed by atoms with van der Waals surface area (Å²) in [5.41, 5.74) is 2.73. The zero-order valence-corrected chi connectivity index (χ0v) is 9.92. The minimum atomic E-state index is -0.241. The topological polar surface area (TPSA) is 17.8 Å². The van der Waals surface area contributed by atoms with E-state index in [0.29, 0.717) is 11.7 Å². The molecule has 0 fully saturated rings. The normalized spacial score (nSPS) is 10.8. The molecular weight excluding hydrogens is 227 g/mol. The van der Waals surface area contributed by atoms with Crippen molar-refractivity contribution in [3.63, 3.8) is 0 Å². The van der Waals surface area contributed by atoms with Crippen molar-refractivity contribution >= 4 is 11.6 Å². The van der Waals surface area contributed by atoms with Crippen LogP contribution in [0.4, 0.5) is 4.39 Å². The van der Waals surface area contributed by atoms with Crippen molar-refractivity contribution in [2.24, 2.45) is 0 Å². The Morgan fingerprint density at radius 2 is 2.12 bits per heavy atom. The van der Waals surface area contributed by atoms with Crippen LogP contribution in [0.2, 0.25) is 5.15 Å². The fourth-order valence-corrected chi connectivity index (χ4v) is 1.79. The fourth-order valence-electron chi connectivity index (χ4n) is 1.56. The fraction of sp³-hybridized carbons (Fsp3) is 0.250. The first kappa shape index (κ1) is 11.1. The smallest absolute Gasteiger partial charge is 0.130 e. The molecule has 1 heterocycles. The minimum absolute atomic E-state index is 0.241. The second kappa shape index (κ2) is 4.26. The number of halogens is 2. The van der Waals surface area contributed by atoms with Gasteiger partial charge in [0.1, 0.15) is 11.0 Å². The summed E-state index contributed by atoms with van der Waals surface area (Å²) in [5.74, 6) is -0.241. The van der Waals surface area contributed by atoms with Crippen molar-refractivity contribution in [3.8, 4) is 0 Å². The van der Waals surface area contributed by atoms with Gasteiger partial charge in [-0.2, -0.15) is 5.10 Å². The van der Waals surface area contributed by atoms with Crippen LogP contribution in [0.3, 0.4) is 0 Å². The Morgan fingerprint density at radius 3 is 2.69 bits per heavy atom. The number of hydrogen-bond donors (Lipinski definition) is 0. The first-order chi connectivity index (χ1) is 7.58. The lowest BCUT2D eigenvalue weighted by atomic mass is 10.2. The van der Waals surface area contributed by atoms with Crippen molar-refractivity contribution in [1.82, 2.24) is 9.78 Å². The minimum Gasteiger partial charge on any atom is -0.249 e. The van der Waals surface area contributed by atoms with E-state index in [-0.39, 0.29) is 5.82 Å². The monoisotopic (exact) mass is 238 g/mol. The van der Waals surface area contributed by atoms with E-state index < -0.39 is 0 Å². The molecule has 0 amide bonds. The summed E-state index contributed by atoms with van der Waals surface area (Å²) in [4.78, 5) is 0. The van der Waals surface area contributed by atoms with Gasteiger partial charge in [-0.1, -0.05) is 23.7 Å². The molecule has 2 nitrogen and oxygen atoms in total. The Labute approximate surface area is 98.7 Å². The van der Waals surface area contributed by atoms with Gasteiger partial charge in [0.15, 0.2) is 0 Å². The van der Waals surface area contributed by atoms with Gasteiger partial charge in [0.25, 0.3) is 0 Å². The van der Waals surface area contributed by atoms with Gasteiger partial charge in [-0.3, -0.25) is 0 Å². The zero-order valence-electron chi connectivity index (χ0n) is 9.17. The molecule has 2 aromatic rings. The second-order valence-corrected chi connectivity index (χ2v) is 4.15. The number of benzene rings is 1. The van der Waals surface area contributed by atoms with Crippen LogP contribution in [0.1, 0.15) is 16.8 Å². The Balaban J connectivity index is 2.30. The lowest BCUT2D eigenvalue weighted by Crippen LogP contribution is -2.02. The van der Waals surface area contributed by atoms with Gasteiger partial charge >= 0.3 is 0 Å². The molecule has 16 heavy (non-hydrogen) atoms. The highest BCUT2D eigenvalue weighted by Gasteiger charge is 2.09. The van der Waals surface area contributed by atoms with Crippen molar-refractivity contribution in [1.29, 1.82) is 0 Å². The first-order valence-electron chi connectivity index (χ1n) is 5.02. The van der Waals surface area contributed by atoms with Gasteiger partial charge in [0, 0.05) is 5.56 Å². The molecule has 0 unspecified atom stereocenters. The van der Waals surface area contributed by atoms with Gasteiger partial charge in [-0.25, -0.2) is 9.07 Å². The first-order valence-corrected chi connectivity index (χ1v) is 5.39. The Kier molecular flexibility index (Phi) is 2.97. The lowest BCUT2D eigenvalue weighted by molar-refractivity contribution is 0.619. The third-order valence-corrected chi connectivity index (χ3v) is 3.05. The quantitative estimate of drug-likeness (QED) is 0.785. The van der Waals surface area contributed by atoms with Gasteiger partial charge in [-0.15, -0.1) is 0 Å². The van der Waals surface area contributed by atoms with Crippen molar-refractivity contribution in [2.45, 2.75) is 20.4 Å². The third-order valence-electron chi connectivity index (χ3n) is 2.57. The number of hydrogen-bond acceptors (Lipinski definition) is 1. The van der Waals surface area contributed by atoms with Gasteiger partial charge in [0.2, 0.25) is 0 Å². The molecule has 0 spiro atoms. The summed E-state index contributed by atoms with van der Waals surface area (Å²) in [5, 5.41) is 4.91. The van der Waals surface area contributed by atoms with E-state index in [2.05, 4.69) is 5.10 Å². The molecule has 0 saturated carbocycles. The average Bonchev–Trinajstić information content (AvgIpc) is 2.47. The van der Waals surface area contributed by atoms with E-state index in [0.717, 1.165) is 16.8 Å². The molecule has 0 radical (unpaired) electrons. The molecule has 0 saturated heterocycles. The number of nitrogens with zero attached hydrogens (tertiary/aromatic N) is 2. The van der Waals surface area contributed by atoms with Crippen LogP contribution in [0.25, 0.3) is 0 Å². The van der Waals surface area contributed by atoms with Gasteiger partial charge < -0.3 is 0 Å². The zero-order chi connectivity index (χ0) is 11.7. The molecule has 2 rings (SSSR count). The molecule has 0 N–H and O–H groups in total. The Bertz CT molecular complexity index is 520. The Hall–Kier alpha value is -1.35. The summed E-state index contributed by atoms with van der Waals surface area (Å²) in [6.45, 7) is 4.32. The highest BCUT2D eigenvalue weighted by atomic mass is 35.5. The van der Waals surface area contributed by atoms with Gasteiger partial charge in [0.05, 0.1) is 12.2 Å². The highest BCUT2D eigenvalue weighted by molar-refractivity contribution is 6.30. The van der Waals surface area contributed by atoms with Crippen molar-refractivity contribution in [3.05, 3.63) is 52.1 Å². The molecule has 4 heteroatoms. The van der Waals surface area contributed by atoms with E-state index in [1.54, 1.807) is 10.7 Å². The van der Waals surface area contributed by atoms with Crippen LogP contribution >= 0.6 is 11.6 Å². The number of aryl methyl sites for hydroxylation is 1. The molecule has 0 aliphatic rings. The molecular formula is C12H12ClFN2. The van der Waals surface area contributed by atoms with E-state index >= 15 is 0 Å². The Morgan fingerprint density at radius 1 is 1.38 bits per heavy atom. The molecule has 84 valence electrons. The van der Waals surface area contributed by atoms with Crippen LogP contribution in [0.15, 0.2) is 24.3 Å². The standard InChI is InChI=1S/C12H12ClFN2/c1-8-9(2)15-16(12(8)13)7-10-4-3-5-11(14)6-10/h3-6H,7H2,1-2H3. The maximum atomic E-state index is 13.0. The molecule has 0 bridgehead atoms. The summed E-state index contributed by atoms with van der Waals surface area (Å²) >= 11 is 6.11. The average molecular weight is 239 g/mol. The summed E-state index contributed by atoms with van der Waals surface area (Å²) in [7, 11) is 0. The van der Waals surface area contributed by atoms with E-state index in [1.165, 1.54) is 12.1 Å². The van der Waals surface area contributed by atoms with Crippen molar-refractivity contribution in [2.75, 3.05) is 0 Å². The van der Waals surface area contributed by atoms with E-state index in [1.807, 2.05) is 19.9 Å². The largest absolute Gasteiger partial charge is 0.249 e. The number of aromatic nitrogens is 2. The van der Waals surface area contributed by atoms with E-state index in [4.69, 9.17) is 11.6 Å². The molecule has 0 aliphatic carbocycles. The van der Waals surface area contributed by atoms with Crippen LogP contribution in [-0.4, -0.2) is 9.78 Å². The van der Waals surface area contributed by atoms with Crippen LogP contribution in [0, 0.1) is 19.7 Å². The summed E-state index contributed by atoms with van der Waals surface area (Å²) in [6, 6.07) is 6.45. The molecule has 0 atom stereocenters. The predicted octanol–water partition coefficient (Wildman–Crippen LogP) is 3.34. The van der Waals surface area contributed by atoms with Crippen LogP contribution < -0.4 is 0 Å². The maximum absolute atomic E-state index is 13.0. The molecule has 1 aromatic carbocycles. The highest BCUT2D eigenvalue weighted by Crippen LogP contribution is 2.19. The summed E-state index contributed by atoms with van der Waals surface area (Å²) < 4.78 is 14.7. The molecule has 1 aromatic heterocycles. The summed E-state index contributed by atoms with van der Waals surface area (Å²) in [6.07, 6.45) is 0. The number of rotatable bonds is 2. The van der Waals surface area contributed by atoms with Crippen molar-refractivity contribution < 1.29 is 4.39 Å². The van der Waals surface area contributed by atoms with E-state index in [9.17, 15) is 4.39 Å². The predicted molar refractivity (Wildman–Crippen MR) is 62.2 cm³/mol. The van der Waals surface area contributed by atoms with Crippen LogP contribution in [-0.2, 0) is 6.54 Å². The second-order valence-electron chi connectivity index (χ2n) is 3.79. The SMILES string of the molecule is Cc1nn(Cc2cccc(F)c2)c(Cl)c1C. The third kappa shape index (κ3) is 2.09. The van der Waals surface area contributed by atoms with Crippen LogP contribution in [0.5, 0.6) is 0 Å². The maximum Gasteiger partial charge on any atom is 0.130 e. The molecule has 0 aliphatic heterocycles.